The average Bonchev–Trinajstić information content (AvgIpc) is 3.35. The third-order valence-corrected chi connectivity index (χ3v) is 6.34. The van der Waals surface area contributed by atoms with Crippen LogP contribution in [0.25, 0.3) is 0 Å². The molecule has 0 spiro atoms. The number of rotatable bonds is 10. The summed E-state index contributed by atoms with van der Waals surface area (Å²) in [5.74, 6) is 2.54. The van der Waals surface area contributed by atoms with E-state index in [0.717, 1.165) is 96.2 Å². The van der Waals surface area contributed by atoms with Gasteiger partial charge in [-0.1, -0.05) is 24.3 Å². The molecule has 1 atom stereocenters. The van der Waals surface area contributed by atoms with E-state index in [1.807, 2.05) is 12.1 Å². The van der Waals surface area contributed by atoms with Crippen LogP contribution in [0.4, 0.5) is 0 Å². The second-order valence-corrected chi connectivity index (χ2v) is 8.82. The van der Waals surface area contributed by atoms with E-state index in [-0.39, 0.29) is 0 Å². The zero-order chi connectivity index (χ0) is 21.8. The number of aryl methyl sites for hydroxylation is 1. The monoisotopic (exact) mass is 439 g/mol. The van der Waals surface area contributed by atoms with Crippen molar-refractivity contribution in [1.29, 1.82) is 0 Å². The lowest BCUT2D eigenvalue weighted by molar-refractivity contribution is 0.0205. The molecule has 1 saturated heterocycles. The molecule has 0 amide bonds. The van der Waals surface area contributed by atoms with Crippen LogP contribution in [0.15, 0.2) is 52.1 Å². The van der Waals surface area contributed by atoms with Crippen LogP contribution in [0.1, 0.15) is 42.6 Å². The van der Waals surface area contributed by atoms with Crippen LogP contribution < -0.4 is 10.6 Å². The number of guanidine groups is 1. The van der Waals surface area contributed by atoms with Gasteiger partial charge in [0.1, 0.15) is 5.76 Å². The van der Waals surface area contributed by atoms with Gasteiger partial charge >= 0.3 is 0 Å². The van der Waals surface area contributed by atoms with Gasteiger partial charge in [0.05, 0.1) is 6.26 Å². The molecule has 2 heterocycles. The largest absolute Gasteiger partial charge is 0.469 e. The summed E-state index contributed by atoms with van der Waals surface area (Å²) >= 11 is 0. The molecular weight excluding hydrogens is 402 g/mol. The number of benzene rings is 1. The highest BCUT2D eigenvalue weighted by Crippen LogP contribution is 2.21. The Hall–Kier alpha value is -2.31. The van der Waals surface area contributed by atoms with Gasteiger partial charge in [0.25, 0.3) is 0 Å². The van der Waals surface area contributed by atoms with E-state index in [2.05, 4.69) is 34.9 Å². The Balaban J connectivity index is 1.23. The Labute approximate surface area is 191 Å². The summed E-state index contributed by atoms with van der Waals surface area (Å²) in [5.41, 5.74) is 2.93. The van der Waals surface area contributed by atoms with Gasteiger partial charge in [0, 0.05) is 52.0 Å². The summed E-state index contributed by atoms with van der Waals surface area (Å²) in [4.78, 5) is 4.84. The van der Waals surface area contributed by atoms with Crippen LogP contribution in [0.2, 0.25) is 0 Å². The smallest absolute Gasteiger partial charge is 0.191 e. The molecule has 1 aromatic heterocycles. The maximum atomic E-state index is 5.90. The van der Waals surface area contributed by atoms with E-state index < -0.39 is 0 Å². The Bertz CT molecular complexity index is 815. The zero-order valence-corrected chi connectivity index (χ0v) is 19.1. The molecule has 6 nitrogen and oxygen atoms in total. The highest BCUT2D eigenvalue weighted by atomic mass is 16.5. The fourth-order valence-electron chi connectivity index (χ4n) is 4.45. The summed E-state index contributed by atoms with van der Waals surface area (Å²) in [7, 11) is 0. The Kier molecular flexibility index (Phi) is 9.04. The molecule has 1 aliphatic heterocycles. The standard InChI is InChI=1S/C26H37N3O3/c1-2-6-23-19-24(9-8-22(23)5-1)29-26(28-14-10-25-7-3-16-32-25)27-13-4-15-31-20-21-11-17-30-18-12-21/h1-3,5-7,16,21,24H,4,8-15,17-20H2,(H2,27,28,29). The summed E-state index contributed by atoms with van der Waals surface area (Å²) < 4.78 is 16.8. The van der Waals surface area contributed by atoms with E-state index in [1.54, 1.807) is 6.26 Å². The number of nitrogens with zero attached hydrogens (tertiary/aromatic N) is 1. The van der Waals surface area contributed by atoms with Crippen molar-refractivity contribution < 1.29 is 13.9 Å². The highest BCUT2D eigenvalue weighted by Gasteiger charge is 2.19. The molecule has 0 bridgehead atoms. The summed E-state index contributed by atoms with van der Waals surface area (Å²) in [5, 5.41) is 7.17. The topological polar surface area (TPSA) is 68.0 Å². The highest BCUT2D eigenvalue weighted by molar-refractivity contribution is 5.80. The summed E-state index contributed by atoms with van der Waals surface area (Å²) in [6.45, 7) is 4.92. The number of nitrogens with one attached hydrogen (secondary N) is 2. The molecule has 2 aliphatic rings. The lowest BCUT2D eigenvalue weighted by atomic mass is 9.88. The van der Waals surface area contributed by atoms with Gasteiger partial charge in [0.2, 0.25) is 0 Å². The van der Waals surface area contributed by atoms with Gasteiger partial charge in [-0.15, -0.1) is 0 Å². The lowest BCUT2D eigenvalue weighted by Gasteiger charge is -2.27. The number of ether oxygens (including phenoxy) is 2. The quantitative estimate of drug-likeness (QED) is 0.335. The molecule has 32 heavy (non-hydrogen) atoms. The number of hydrogen-bond donors (Lipinski definition) is 2. The normalized spacial score (nSPS) is 19.5. The Morgan fingerprint density at radius 3 is 2.78 bits per heavy atom. The fraction of sp³-hybridized carbons (Fsp3) is 0.577. The van der Waals surface area contributed by atoms with Crippen LogP contribution in [0.3, 0.4) is 0 Å². The van der Waals surface area contributed by atoms with Crippen molar-refractivity contribution >= 4 is 5.96 Å². The number of furan rings is 1. The maximum absolute atomic E-state index is 5.90. The van der Waals surface area contributed by atoms with Crippen LogP contribution in [-0.2, 0) is 28.7 Å². The van der Waals surface area contributed by atoms with Gasteiger partial charge in [-0.05, 0) is 67.7 Å². The number of hydrogen-bond acceptors (Lipinski definition) is 4. The molecule has 0 radical (unpaired) electrons. The first-order chi connectivity index (χ1) is 15.9. The van der Waals surface area contributed by atoms with Crippen molar-refractivity contribution in [3.63, 3.8) is 0 Å². The zero-order valence-electron chi connectivity index (χ0n) is 19.1. The van der Waals surface area contributed by atoms with Crippen LogP contribution >= 0.6 is 0 Å². The van der Waals surface area contributed by atoms with Crippen LogP contribution in [-0.4, -0.2) is 51.5 Å². The molecule has 2 aromatic rings. The first-order valence-corrected chi connectivity index (χ1v) is 12.2. The second kappa shape index (κ2) is 12.7. The average molecular weight is 440 g/mol. The Morgan fingerprint density at radius 2 is 1.94 bits per heavy atom. The molecule has 6 heteroatoms. The third-order valence-electron chi connectivity index (χ3n) is 6.34. The van der Waals surface area contributed by atoms with E-state index >= 15 is 0 Å². The van der Waals surface area contributed by atoms with Crippen molar-refractivity contribution in [3.8, 4) is 0 Å². The molecule has 1 fully saturated rings. The van der Waals surface area contributed by atoms with Crippen molar-refractivity contribution in [3.05, 3.63) is 59.5 Å². The first kappa shape index (κ1) is 22.9. The van der Waals surface area contributed by atoms with Crippen molar-refractivity contribution in [2.75, 3.05) is 39.5 Å². The minimum atomic E-state index is 0.407. The van der Waals surface area contributed by atoms with Gasteiger partial charge in [0.15, 0.2) is 5.96 Å². The predicted molar refractivity (Wildman–Crippen MR) is 127 cm³/mol. The second-order valence-electron chi connectivity index (χ2n) is 8.82. The van der Waals surface area contributed by atoms with Gasteiger partial charge in [-0.25, -0.2) is 0 Å². The SMILES string of the molecule is c1coc(CCNC(=NCCCOCC2CCOCC2)NC2CCc3ccccc3C2)c1. The maximum Gasteiger partial charge on any atom is 0.191 e. The minimum absolute atomic E-state index is 0.407. The first-order valence-electron chi connectivity index (χ1n) is 12.2. The molecule has 0 saturated carbocycles. The predicted octanol–water partition coefficient (Wildman–Crippen LogP) is 3.75. The molecule has 1 unspecified atom stereocenters. The number of fused-ring (bicyclic) bond motifs is 1. The van der Waals surface area contributed by atoms with Crippen LogP contribution in [0, 0.1) is 5.92 Å². The van der Waals surface area contributed by atoms with Crippen LogP contribution in [0.5, 0.6) is 0 Å². The molecule has 1 aromatic carbocycles. The van der Waals surface area contributed by atoms with E-state index in [1.165, 1.54) is 11.1 Å². The summed E-state index contributed by atoms with van der Waals surface area (Å²) in [6, 6.07) is 13.1. The minimum Gasteiger partial charge on any atom is -0.469 e. The van der Waals surface area contributed by atoms with Crippen molar-refractivity contribution in [1.82, 2.24) is 10.6 Å². The molecular formula is C26H37N3O3. The molecule has 4 rings (SSSR count). The molecule has 1 aliphatic carbocycles. The van der Waals surface area contributed by atoms with Gasteiger partial charge in [-0.2, -0.15) is 0 Å². The lowest BCUT2D eigenvalue weighted by Crippen LogP contribution is -2.46. The van der Waals surface area contributed by atoms with E-state index in [4.69, 9.17) is 18.9 Å². The van der Waals surface area contributed by atoms with Crippen molar-refractivity contribution in [2.24, 2.45) is 10.9 Å². The molecule has 174 valence electrons. The van der Waals surface area contributed by atoms with E-state index in [9.17, 15) is 0 Å². The Morgan fingerprint density at radius 1 is 1.06 bits per heavy atom. The fourth-order valence-corrected chi connectivity index (χ4v) is 4.45. The van der Waals surface area contributed by atoms with Gasteiger partial charge < -0.3 is 24.5 Å². The summed E-state index contributed by atoms with van der Waals surface area (Å²) in [6.07, 6.45) is 9.03. The van der Waals surface area contributed by atoms with Gasteiger partial charge in [-0.3, -0.25) is 4.99 Å². The van der Waals surface area contributed by atoms with Crippen molar-refractivity contribution in [2.45, 2.75) is 51.0 Å². The molecule has 2 N–H and O–H groups in total. The third kappa shape index (κ3) is 7.38. The number of aliphatic imine (C=N–C) groups is 1. The van der Waals surface area contributed by atoms with E-state index in [0.29, 0.717) is 12.0 Å².